The van der Waals surface area contributed by atoms with Gasteiger partial charge in [0.05, 0.1) is 0 Å². The van der Waals surface area contributed by atoms with E-state index in [-0.39, 0.29) is 11.8 Å². The number of carbonyl (C=O) groups excluding carboxylic acids is 1. The zero-order valence-corrected chi connectivity index (χ0v) is 11.4. The molecule has 3 N–H and O–H groups in total. The zero-order chi connectivity index (χ0) is 13.7. The predicted molar refractivity (Wildman–Crippen MR) is 78.8 cm³/mol. The van der Waals surface area contributed by atoms with Crippen LogP contribution in [0.25, 0.3) is 0 Å². The van der Waals surface area contributed by atoms with Crippen molar-refractivity contribution in [3.8, 4) is 0 Å². The Labute approximate surface area is 114 Å². The van der Waals surface area contributed by atoms with Gasteiger partial charge in [0.25, 0.3) is 0 Å². The summed E-state index contributed by atoms with van der Waals surface area (Å²) in [6, 6.07) is 8.08. The molecule has 1 amide bonds. The van der Waals surface area contributed by atoms with E-state index in [1.54, 1.807) is 0 Å². The Morgan fingerprint density at radius 3 is 2.74 bits per heavy atom. The number of rotatable bonds is 4. The van der Waals surface area contributed by atoms with Gasteiger partial charge in [0.15, 0.2) is 0 Å². The Morgan fingerprint density at radius 2 is 2.11 bits per heavy atom. The highest BCUT2D eigenvalue weighted by molar-refractivity contribution is 5.77. The number of nitrogens with one attached hydrogen (secondary N) is 1. The molecule has 1 aliphatic rings. The van der Waals surface area contributed by atoms with Crippen LogP contribution in [0.2, 0.25) is 0 Å². The third-order valence-corrected chi connectivity index (χ3v) is 3.63. The van der Waals surface area contributed by atoms with E-state index in [0.29, 0.717) is 12.5 Å². The molecule has 1 aromatic carbocycles. The van der Waals surface area contributed by atoms with Gasteiger partial charge in [0.2, 0.25) is 5.91 Å². The number of anilines is 1. The molecule has 0 fully saturated rings. The minimum atomic E-state index is 0.143. The second-order valence-corrected chi connectivity index (χ2v) is 5.32. The summed E-state index contributed by atoms with van der Waals surface area (Å²) in [6.45, 7) is 2.08. The molecule has 2 rings (SSSR count). The van der Waals surface area contributed by atoms with E-state index >= 15 is 0 Å². The maximum Gasteiger partial charge on any atom is 0.220 e. The van der Waals surface area contributed by atoms with E-state index < -0.39 is 0 Å². The van der Waals surface area contributed by atoms with Crippen molar-refractivity contribution in [1.29, 1.82) is 0 Å². The van der Waals surface area contributed by atoms with Crippen LogP contribution in [0.15, 0.2) is 36.4 Å². The second-order valence-electron chi connectivity index (χ2n) is 5.32. The summed E-state index contributed by atoms with van der Waals surface area (Å²) in [5, 5.41) is 3.12. The number of nitrogens with two attached hydrogens (primary N) is 1. The van der Waals surface area contributed by atoms with Crippen LogP contribution >= 0.6 is 0 Å². The summed E-state index contributed by atoms with van der Waals surface area (Å²) < 4.78 is 0. The van der Waals surface area contributed by atoms with Crippen molar-refractivity contribution >= 4 is 11.6 Å². The fourth-order valence-corrected chi connectivity index (χ4v) is 2.43. The molecule has 0 saturated carbocycles. The first kappa shape index (κ1) is 13.7. The molecule has 0 heterocycles. The maximum atomic E-state index is 12.0. The van der Waals surface area contributed by atoms with Crippen molar-refractivity contribution in [2.75, 3.05) is 5.73 Å². The first-order chi connectivity index (χ1) is 9.15. The van der Waals surface area contributed by atoms with Crippen LogP contribution in [-0.4, -0.2) is 11.9 Å². The lowest BCUT2D eigenvalue weighted by molar-refractivity contribution is -0.122. The Kier molecular flexibility index (Phi) is 4.61. The molecule has 3 nitrogen and oxygen atoms in total. The Hall–Kier alpha value is -1.77. The highest BCUT2D eigenvalue weighted by Gasteiger charge is 2.15. The third-order valence-electron chi connectivity index (χ3n) is 3.63. The highest BCUT2D eigenvalue weighted by atomic mass is 16.1. The topological polar surface area (TPSA) is 55.1 Å². The standard InChI is InChI=1S/C16H22N2O/c1-12(13-7-9-14(17)10-8-13)11-16(19)18-15-5-3-2-4-6-15/h2-3,7-10,12,15H,4-6,11,17H2,1H3,(H,18,19). The quantitative estimate of drug-likeness (QED) is 0.644. The lowest BCUT2D eigenvalue weighted by Crippen LogP contribution is -2.35. The van der Waals surface area contributed by atoms with E-state index in [9.17, 15) is 4.79 Å². The monoisotopic (exact) mass is 258 g/mol. The summed E-state index contributed by atoms with van der Waals surface area (Å²) in [7, 11) is 0. The molecular formula is C16H22N2O. The summed E-state index contributed by atoms with van der Waals surface area (Å²) in [6.07, 6.45) is 7.95. The van der Waals surface area contributed by atoms with Gasteiger partial charge < -0.3 is 11.1 Å². The van der Waals surface area contributed by atoms with Crippen molar-refractivity contribution in [3.63, 3.8) is 0 Å². The maximum absolute atomic E-state index is 12.0. The Balaban J connectivity index is 1.84. The highest BCUT2D eigenvalue weighted by Crippen LogP contribution is 2.20. The molecule has 2 atom stereocenters. The van der Waals surface area contributed by atoms with Gasteiger partial charge in [0, 0.05) is 18.2 Å². The van der Waals surface area contributed by atoms with Gasteiger partial charge in [-0.05, 0) is 42.9 Å². The van der Waals surface area contributed by atoms with Crippen molar-refractivity contribution in [3.05, 3.63) is 42.0 Å². The van der Waals surface area contributed by atoms with Gasteiger partial charge >= 0.3 is 0 Å². The SMILES string of the molecule is CC(CC(=O)NC1CC=CCC1)c1ccc(N)cc1. The van der Waals surface area contributed by atoms with Crippen LogP contribution in [0.3, 0.4) is 0 Å². The number of amides is 1. The molecule has 1 aromatic rings. The summed E-state index contributed by atoms with van der Waals surface area (Å²) in [5.41, 5.74) is 7.58. The first-order valence-electron chi connectivity index (χ1n) is 6.95. The average Bonchev–Trinajstić information content (AvgIpc) is 2.40. The van der Waals surface area contributed by atoms with E-state index in [0.717, 1.165) is 30.5 Å². The largest absolute Gasteiger partial charge is 0.399 e. The van der Waals surface area contributed by atoms with Crippen molar-refractivity contribution in [2.24, 2.45) is 0 Å². The minimum absolute atomic E-state index is 0.143. The first-order valence-corrected chi connectivity index (χ1v) is 6.95. The number of hydrogen-bond acceptors (Lipinski definition) is 2. The van der Waals surface area contributed by atoms with E-state index in [4.69, 9.17) is 5.73 Å². The second kappa shape index (κ2) is 6.41. The van der Waals surface area contributed by atoms with Crippen molar-refractivity contribution < 1.29 is 4.79 Å². The molecule has 0 aliphatic heterocycles. The fraction of sp³-hybridized carbons (Fsp3) is 0.438. The molecule has 0 radical (unpaired) electrons. The Bertz CT molecular complexity index is 450. The van der Waals surface area contributed by atoms with E-state index in [1.165, 1.54) is 0 Å². The third kappa shape index (κ3) is 4.12. The van der Waals surface area contributed by atoms with Crippen LogP contribution in [0.4, 0.5) is 5.69 Å². The van der Waals surface area contributed by atoms with Gasteiger partial charge in [-0.1, -0.05) is 31.2 Å². The van der Waals surface area contributed by atoms with Gasteiger partial charge in [-0.25, -0.2) is 0 Å². The molecule has 2 unspecified atom stereocenters. The van der Waals surface area contributed by atoms with Crippen LogP contribution in [0, 0.1) is 0 Å². The van der Waals surface area contributed by atoms with Crippen molar-refractivity contribution in [1.82, 2.24) is 5.32 Å². The van der Waals surface area contributed by atoms with Gasteiger partial charge in [-0.2, -0.15) is 0 Å². The molecule has 1 aliphatic carbocycles. The van der Waals surface area contributed by atoms with Crippen molar-refractivity contribution in [2.45, 2.75) is 44.6 Å². The van der Waals surface area contributed by atoms with Gasteiger partial charge in [-0.3, -0.25) is 4.79 Å². The van der Waals surface area contributed by atoms with E-state index in [2.05, 4.69) is 24.4 Å². The smallest absolute Gasteiger partial charge is 0.220 e. The van der Waals surface area contributed by atoms with Crippen LogP contribution < -0.4 is 11.1 Å². The molecule has 0 aromatic heterocycles. The summed E-state index contributed by atoms with van der Waals surface area (Å²) >= 11 is 0. The molecule has 19 heavy (non-hydrogen) atoms. The molecule has 102 valence electrons. The van der Waals surface area contributed by atoms with Crippen LogP contribution in [-0.2, 0) is 4.79 Å². The fourth-order valence-electron chi connectivity index (χ4n) is 2.43. The molecule has 0 bridgehead atoms. The van der Waals surface area contributed by atoms with Crippen LogP contribution in [0.1, 0.15) is 44.1 Å². The minimum Gasteiger partial charge on any atom is -0.399 e. The normalized spacial score (nSPS) is 19.9. The Morgan fingerprint density at radius 1 is 1.37 bits per heavy atom. The molecule has 0 spiro atoms. The zero-order valence-electron chi connectivity index (χ0n) is 11.4. The van der Waals surface area contributed by atoms with Gasteiger partial charge in [0.1, 0.15) is 0 Å². The van der Waals surface area contributed by atoms with Crippen LogP contribution in [0.5, 0.6) is 0 Å². The number of hydrogen-bond donors (Lipinski definition) is 2. The van der Waals surface area contributed by atoms with Gasteiger partial charge in [-0.15, -0.1) is 0 Å². The lowest BCUT2D eigenvalue weighted by Gasteiger charge is -2.20. The number of allylic oxidation sites excluding steroid dienone is 1. The molecule has 3 heteroatoms. The number of nitrogen functional groups attached to an aromatic ring is 1. The predicted octanol–water partition coefficient (Wildman–Crippen LogP) is 2.99. The molecular weight excluding hydrogens is 236 g/mol. The molecule has 0 saturated heterocycles. The number of benzene rings is 1. The lowest BCUT2D eigenvalue weighted by atomic mass is 9.96. The van der Waals surface area contributed by atoms with E-state index in [1.807, 2.05) is 24.3 Å². The number of carbonyl (C=O) groups is 1. The average molecular weight is 258 g/mol. The summed E-state index contributed by atoms with van der Waals surface area (Å²) in [4.78, 5) is 12.0. The summed E-state index contributed by atoms with van der Waals surface area (Å²) in [5.74, 6) is 0.365.